The minimum Gasteiger partial charge on any atom is -0.389 e. The third-order valence-electron chi connectivity index (χ3n) is 5.13. The van der Waals surface area contributed by atoms with Gasteiger partial charge in [0.1, 0.15) is 17.8 Å². The minimum atomic E-state index is -1.42. The van der Waals surface area contributed by atoms with E-state index in [1.807, 2.05) is 91.0 Å². The molecular weight excluding hydrogens is 376 g/mol. The van der Waals surface area contributed by atoms with Crippen LogP contribution >= 0.6 is 0 Å². The van der Waals surface area contributed by atoms with Crippen LogP contribution in [0.3, 0.4) is 0 Å². The molecule has 30 heavy (non-hydrogen) atoms. The van der Waals surface area contributed by atoms with Gasteiger partial charge in [0.2, 0.25) is 0 Å². The van der Waals surface area contributed by atoms with Crippen LogP contribution in [0, 0.1) is 12.3 Å². The van der Waals surface area contributed by atoms with Crippen LogP contribution in [0.4, 0.5) is 0 Å². The molecule has 0 aliphatic rings. The lowest BCUT2D eigenvalue weighted by Gasteiger charge is -2.37. The van der Waals surface area contributed by atoms with Crippen molar-refractivity contribution in [3.8, 4) is 12.3 Å². The number of ether oxygens (including phenoxy) is 1. The van der Waals surface area contributed by atoms with Crippen molar-refractivity contribution in [3.63, 3.8) is 0 Å². The van der Waals surface area contributed by atoms with Crippen LogP contribution in [0.15, 0.2) is 91.0 Å². The van der Waals surface area contributed by atoms with E-state index >= 15 is 0 Å². The van der Waals surface area contributed by atoms with Crippen molar-refractivity contribution in [2.75, 3.05) is 6.61 Å². The van der Waals surface area contributed by atoms with Gasteiger partial charge in [-0.15, -0.1) is 12.3 Å². The first-order valence-electron chi connectivity index (χ1n) is 9.87. The van der Waals surface area contributed by atoms with Crippen molar-refractivity contribution in [1.29, 1.82) is 0 Å². The molecule has 0 saturated carbocycles. The Bertz CT molecular complexity index is 838. The first kappa shape index (κ1) is 21.8. The fourth-order valence-corrected chi connectivity index (χ4v) is 3.58. The molecule has 0 amide bonds. The molecule has 0 unspecified atom stereocenters. The van der Waals surface area contributed by atoms with Crippen LogP contribution in [0.25, 0.3) is 0 Å². The van der Waals surface area contributed by atoms with Crippen LogP contribution < -0.4 is 0 Å². The molecule has 0 saturated heterocycles. The van der Waals surface area contributed by atoms with Crippen molar-refractivity contribution in [2.24, 2.45) is 0 Å². The summed E-state index contributed by atoms with van der Waals surface area (Å²) in [5, 5.41) is 30.7. The number of aliphatic hydroxyl groups is 3. The SMILES string of the molecule is C#CC[C@@H](O)[C@H](O)[C@H](O)COC(c1ccccc1)(c1ccccc1)c1ccccc1. The summed E-state index contributed by atoms with van der Waals surface area (Å²) in [4.78, 5) is 0. The fraction of sp³-hybridized carbons (Fsp3) is 0.231. The predicted octanol–water partition coefficient (Wildman–Crippen LogP) is 3.10. The summed E-state index contributed by atoms with van der Waals surface area (Å²) < 4.78 is 6.43. The molecule has 0 fully saturated rings. The van der Waals surface area contributed by atoms with E-state index in [0.29, 0.717) is 0 Å². The van der Waals surface area contributed by atoms with Gasteiger partial charge >= 0.3 is 0 Å². The fourth-order valence-electron chi connectivity index (χ4n) is 3.58. The first-order chi connectivity index (χ1) is 14.6. The average Bonchev–Trinajstić information content (AvgIpc) is 2.81. The highest BCUT2D eigenvalue weighted by Crippen LogP contribution is 2.40. The molecule has 0 radical (unpaired) electrons. The third-order valence-corrected chi connectivity index (χ3v) is 5.13. The summed E-state index contributed by atoms with van der Waals surface area (Å²) in [6.07, 6.45) is 1.19. The Morgan fingerprint density at radius 2 is 1.10 bits per heavy atom. The molecular formula is C26H26O4. The number of hydrogen-bond donors (Lipinski definition) is 3. The van der Waals surface area contributed by atoms with Gasteiger partial charge in [-0.25, -0.2) is 0 Å². The normalized spacial score (nSPS) is 14.5. The zero-order valence-corrected chi connectivity index (χ0v) is 16.6. The average molecular weight is 402 g/mol. The smallest absolute Gasteiger partial charge is 0.143 e. The van der Waals surface area contributed by atoms with Gasteiger partial charge in [-0.3, -0.25) is 0 Å². The lowest BCUT2D eigenvalue weighted by atomic mass is 9.80. The largest absolute Gasteiger partial charge is 0.389 e. The Labute approximate surface area is 177 Å². The maximum atomic E-state index is 10.5. The maximum Gasteiger partial charge on any atom is 0.143 e. The van der Waals surface area contributed by atoms with Crippen LogP contribution in [0.5, 0.6) is 0 Å². The molecule has 0 aromatic heterocycles. The summed E-state index contributed by atoms with van der Waals surface area (Å²) in [5.41, 5.74) is 1.64. The first-order valence-corrected chi connectivity index (χ1v) is 9.87. The molecule has 3 N–H and O–H groups in total. The predicted molar refractivity (Wildman–Crippen MR) is 117 cm³/mol. The summed E-state index contributed by atoms with van der Waals surface area (Å²) in [7, 11) is 0. The molecule has 0 aliphatic heterocycles. The lowest BCUT2D eigenvalue weighted by Crippen LogP contribution is -2.43. The molecule has 0 aliphatic carbocycles. The van der Waals surface area contributed by atoms with Gasteiger partial charge in [0.05, 0.1) is 12.7 Å². The maximum absolute atomic E-state index is 10.5. The van der Waals surface area contributed by atoms with E-state index < -0.39 is 23.9 Å². The second kappa shape index (κ2) is 10.2. The van der Waals surface area contributed by atoms with E-state index in [9.17, 15) is 15.3 Å². The Hall–Kier alpha value is -2.94. The monoisotopic (exact) mass is 402 g/mol. The van der Waals surface area contributed by atoms with Crippen molar-refractivity contribution < 1.29 is 20.1 Å². The second-order valence-electron chi connectivity index (χ2n) is 7.12. The molecule has 3 aromatic rings. The molecule has 0 bridgehead atoms. The Balaban J connectivity index is 2.05. The number of terminal acetylenes is 1. The van der Waals surface area contributed by atoms with Crippen LogP contribution in [-0.2, 0) is 10.3 Å². The summed E-state index contributed by atoms with van der Waals surface area (Å²) in [6, 6.07) is 29.2. The third kappa shape index (κ3) is 4.62. The molecule has 3 aromatic carbocycles. The quantitative estimate of drug-likeness (QED) is 0.380. The van der Waals surface area contributed by atoms with E-state index in [1.54, 1.807) is 0 Å². The summed E-state index contributed by atoms with van der Waals surface area (Å²) in [5.74, 6) is 2.29. The topological polar surface area (TPSA) is 69.9 Å². The molecule has 4 heteroatoms. The van der Waals surface area contributed by atoms with E-state index in [0.717, 1.165) is 16.7 Å². The van der Waals surface area contributed by atoms with E-state index in [2.05, 4.69) is 5.92 Å². The molecule has 0 spiro atoms. The molecule has 3 atom stereocenters. The van der Waals surface area contributed by atoms with Crippen LogP contribution in [0.2, 0.25) is 0 Å². The second-order valence-corrected chi connectivity index (χ2v) is 7.12. The van der Waals surface area contributed by atoms with Crippen molar-refractivity contribution >= 4 is 0 Å². The highest BCUT2D eigenvalue weighted by Gasteiger charge is 2.39. The Kier molecular flexibility index (Phi) is 7.40. The summed E-state index contributed by atoms with van der Waals surface area (Å²) in [6.45, 7) is -0.207. The molecule has 4 nitrogen and oxygen atoms in total. The van der Waals surface area contributed by atoms with Gasteiger partial charge in [-0.2, -0.15) is 0 Å². The van der Waals surface area contributed by atoms with Gasteiger partial charge in [-0.1, -0.05) is 91.0 Å². The number of benzene rings is 3. The van der Waals surface area contributed by atoms with E-state index in [4.69, 9.17) is 11.2 Å². The number of rotatable bonds is 9. The van der Waals surface area contributed by atoms with Crippen molar-refractivity contribution in [1.82, 2.24) is 0 Å². The van der Waals surface area contributed by atoms with Gasteiger partial charge in [0.15, 0.2) is 0 Å². The Morgan fingerprint density at radius 3 is 1.47 bits per heavy atom. The standard InChI is InChI=1S/C26H26O4/c1-2-12-23(27)25(29)24(28)19-30-26(20-13-6-3-7-14-20,21-15-8-4-9-16-21)22-17-10-5-11-18-22/h1,3-11,13-18,23-25,27-29H,12,19H2/t23-,24-,25+/m1/s1. The van der Waals surface area contributed by atoms with Gasteiger partial charge in [-0.05, 0) is 16.7 Å². The van der Waals surface area contributed by atoms with Gasteiger partial charge in [0, 0.05) is 6.42 Å². The lowest BCUT2D eigenvalue weighted by molar-refractivity contribution is -0.109. The van der Waals surface area contributed by atoms with E-state index in [-0.39, 0.29) is 13.0 Å². The molecule has 3 rings (SSSR count). The molecule has 0 heterocycles. The summed E-state index contributed by atoms with van der Waals surface area (Å²) >= 11 is 0. The van der Waals surface area contributed by atoms with Gasteiger partial charge < -0.3 is 20.1 Å². The van der Waals surface area contributed by atoms with Crippen LogP contribution in [-0.4, -0.2) is 40.2 Å². The minimum absolute atomic E-state index is 0.0561. The highest BCUT2D eigenvalue weighted by molar-refractivity contribution is 5.47. The van der Waals surface area contributed by atoms with Gasteiger partial charge in [0.25, 0.3) is 0 Å². The number of hydrogen-bond acceptors (Lipinski definition) is 4. The zero-order valence-electron chi connectivity index (χ0n) is 16.6. The Morgan fingerprint density at radius 1 is 0.700 bits per heavy atom. The van der Waals surface area contributed by atoms with Crippen molar-refractivity contribution in [2.45, 2.75) is 30.3 Å². The van der Waals surface area contributed by atoms with E-state index in [1.165, 1.54) is 0 Å². The molecule has 154 valence electrons. The van der Waals surface area contributed by atoms with Crippen molar-refractivity contribution in [3.05, 3.63) is 108 Å². The highest BCUT2D eigenvalue weighted by atomic mass is 16.5. The number of aliphatic hydroxyl groups excluding tert-OH is 3. The van der Waals surface area contributed by atoms with Crippen LogP contribution in [0.1, 0.15) is 23.1 Å². The zero-order chi connectivity index (χ0) is 21.4.